The molecule has 7 heteroatoms. The van der Waals surface area contributed by atoms with E-state index in [2.05, 4.69) is 13.8 Å². The summed E-state index contributed by atoms with van der Waals surface area (Å²) in [6.45, 7) is 5.28. The third kappa shape index (κ3) is 7.36. The third-order valence-corrected chi connectivity index (χ3v) is 5.30. The van der Waals surface area contributed by atoms with Crippen LogP contribution in [0.5, 0.6) is 17.2 Å². The minimum atomic E-state index is -0.594. The molecule has 7 nitrogen and oxygen atoms in total. The molecule has 2 aromatic carbocycles. The lowest BCUT2D eigenvalue weighted by Gasteiger charge is -2.22. The van der Waals surface area contributed by atoms with E-state index in [0.29, 0.717) is 49.9 Å². The zero-order chi connectivity index (χ0) is 23.6. The maximum absolute atomic E-state index is 11.9. The van der Waals surface area contributed by atoms with Crippen LogP contribution < -0.4 is 19.7 Å². The van der Waals surface area contributed by atoms with Gasteiger partial charge in [0.25, 0.3) is 5.91 Å². The molecule has 1 aliphatic heterocycles. The summed E-state index contributed by atoms with van der Waals surface area (Å²) < 4.78 is 17.4. The summed E-state index contributed by atoms with van der Waals surface area (Å²) in [7, 11) is 0. The van der Waals surface area contributed by atoms with Gasteiger partial charge < -0.3 is 14.2 Å². The molecule has 3 rings (SSSR count). The standard InChI is InChI=1S/C26H31NO6/c1-18(2)7-11-22-23(12-9-20-10-14-25(29)33-26(20)22)32-16-4-15-31-21-6-3-5-19(17-21)8-13-24(28)27-30/h3,5-6,8-9,12-13,17-18,30H,4,7,10-11,14-16H2,1-2H3,(H,27,28)/b13-8+. The van der Waals surface area contributed by atoms with Gasteiger partial charge in [-0.15, -0.1) is 0 Å². The molecular formula is C26H31NO6. The maximum atomic E-state index is 11.9. The first-order valence-electron chi connectivity index (χ1n) is 11.3. The zero-order valence-corrected chi connectivity index (χ0v) is 19.1. The van der Waals surface area contributed by atoms with Crippen LogP contribution in [0.2, 0.25) is 0 Å². The van der Waals surface area contributed by atoms with Gasteiger partial charge in [-0.1, -0.05) is 32.0 Å². The van der Waals surface area contributed by atoms with E-state index in [1.54, 1.807) is 11.6 Å². The number of esters is 1. The number of fused-ring (bicyclic) bond motifs is 1. The first kappa shape index (κ1) is 24.3. The van der Waals surface area contributed by atoms with Crippen molar-refractivity contribution in [3.05, 3.63) is 59.2 Å². The molecule has 0 radical (unpaired) electrons. The number of hydroxylamine groups is 1. The number of nitrogens with one attached hydrogen (secondary N) is 1. The van der Waals surface area contributed by atoms with Gasteiger partial charge >= 0.3 is 5.97 Å². The topological polar surface area (TPSA) is 94.1 Å². The van der Waals surface area contributed by atoms with Crippen molar-refractivity contribution in [2.24, 2.45) is 5.92 Å². The van der Waals surface area contributed by atoms with Crippen molar-refractivity contribution < 1.29 is 29.0 Å². The second-order valence-corrected chi connectivity index (χ2v) is 8.37. The highest BCUT2D eigenvalue weighted by Gasteiger charge is 2.23. The molecule has 2 N–H and O–H groups in total. The Morgan fingerprint density at radius 1 is 1.18 bits per heavy atom. The summed E-state index contributed by atoms with van der Waals surface area (Å²) >= 11 is 0. The average molecular weight is 454 g/mol. The molecule has 176 valence electrons. The Hall–Kier alpha value is -3.32. The predicted octanol–water partition coefficient (Wildman–Crippen LogP) is 4.49. The van der Waals surface area contributed by atoms with Crippen molar-refractivity contribution in [1.82, 2.24) is 5.48 Å². The summed E-state index contributed by atoms with van der Waals surface area (Å²) in [6, 6.07) is 11.3. The lowest BCUT2D eigenvalue weighted by atomic mass is 9.96. The SMILES string of the molecule is CC(C)CCc1c(OCCCOc2cccc(/C=C/C(=O)NO)c2)ccc2c1OC(=O)CC2. The number of hydrogen-bond acceptors (Lipinski definition) is 6. The Kier molecular flexibility index (Phi) is 8.89. The number of ether oxygens (including phenoxy) is 3. The molecular weight excluding hydrogens is 422 g/mol. The van der Waals surface area contributed by atoms with Crippen LogP contribution in [0.3, 0.4) is 0 Å². The molecule has 0 saturated heterocycles. The minimum Gasteiger partial charge on any atom is -0.493 e. The molecule has 0 bridgehead atoms. The Balaban J connectivity index is 1.55. The summed E-state index contributed by atoms with van der Waals surface area (Å²) in [4.78, 5) is 23.0. The normalized spacial score (nSPS) is 13.0. The predicted molar refractivity (Wildman–Crippen MR) is 125 cm³/mol. The van der Waals surface area contributed by atoms with E-state index in [9.17, 15) is 9.59 Å². The van der Waals surface area contributed by atoms with E-state index >= 15 is 0 Å². The van der Waals surface area contributed by atoms with Crippen molar-refractivity contribution in [2.75, 3.05) is 13.2 Å². The zero-order valence-electron chi connectivity index (χ0n) is 19.1. The van der Waals surface area contributed by atoms with Gasteiger partial charge in [-0.05, 0) is 60.6 Å². The quantitative estimate of drug-likeness (QED) is 0.130. The van der Waals surface area contributed by atoms with Crippen LogP contribution in [-0.4, -0.2) is 30.3 Å². The van der Waals surface area contributed by atoms with E-state index < -0.39 is 5.91 Å². The second-order valence-electron chi connectivity index (χ2n) is 8.37. The van der Waals surface area contributed by atoms with E-state index in [4.69, 9.17) is 19.4 Å². The van der Waals surface area contributed by atoms with Crippen LogP contribution in [0, 0.1) is 5.92 Å². The number of aryl methyl sites for hydroxylation is 1. The Labute approximate surface area is 194 Å². The lowest BCUT2D eigenvalue weighted by Crippen LogP contribution is -2.18. The van der Waals surface area contributed by atoms with Gasteiger partial charge in [0.2, 0.25) is 0 Å². The second kappa shape index (κ2) is 12.1. The molecule has 0 saturated carbocycles. The highest BCUT2D eigenvalue weighted by atomic mass is 16.5. The van der Waals surface area contributed by atoms with Crippen molar-refractivity contribution in [3.8, 4) is 17.2 Å². The third-order valence-electron chi connectivity index (χ3n) is 5.30. The Morgan fingerprint density at radius 3 is 2.79 bits per heavy atom. The summed E-state index contributed by atoms with van der Waals surface area (Å²) in [6.07, 6.45) is 6.40. The van der Waals surface area contributed by atoms with Crippen molar-refractivity contribution in [1.29, 1.82) is 0 Å². The number of amides is 1. The smallest absolute Gasteiger partial charge is 0.311 e. The van der Waals surface area contributed by atoms with Gasteiger partial charge in [0.1, 0.15) is 17.2 Å². The largest absolute Gasteiger partial charge is 0.493 e. The molecule has 1 heterocycles. The summed E-state index contributed by atoms with van der Waals surface area (Å²) in [5.41, 5.74) is 4.37. The van der Waals surface area contributed by atoms with Gasteiger partial charge in [0.15, 0.2) is 0 Å². The molecule has 2 aromatic rings. The van der Waals surface area contributed by atoms with Gasteiger partial charge in [-0.2, -0.15) is 0 Å². The van der Waals surface area contributed by atoms with Crippen LogP contribution in [-0.2, 0) is 22.4 Å². The van der Waals surface area contributed by atoms with E-state index in [-0.39, 0.29) is 5.97 Å². The maximum Gasteiger partial charge on any atom is 0.311 e. The van der Waals surface area contributed by atoms with Gasteiger partial charge in [0, 0.05) is 18.1 Å². The minimum absolute atomic E-state index is 0.187. The van der Waals surface area contributed by atoms with Crippen LogP contribution in [0.15, 0.2) is 42.5 Å². The Bertz CT molecular complexity index is 998. The number of carbonyl (C=O) groups is 2. The molecule has 0 aromatic heterocycles. The highest BCUT2D eigenvalue weighted by molar-refractivity contribution is 5.90. The van der Waals surface area contributed by atoms with Crippen molar-refractivity contribution in [2.45, 2.75) is 46.0 Å². The van der Waals surface area contributed by atoms with Gasteiger partial charge in [-0.3, -0.25) is 14.8 Å². The molecule has 0 spiro atoms. The molecule has 1 aliphatic rings. The van der Waals surface area contributed by atoms with Crippen LogP contribution >= 0.6 is 0 Å². The Morgan fingerprint density at radius 2 is 2.00 bits per heavy atom. The first-order chi connectivity index (χ1) is 16.0. The average Bonchev–Trinajstić information content (AvgIpc) is 2.81. The molecule has 0 aliphatic carbocycles. The first-order valence-corrected chi connectivity index (χ1v) is 11.3. The molecule has 33 heavy (non-hydrogen) atoms. The van der Waals surface area contributed by atoms with Crippen molar-refractivity contribution in [3.63, 3.8) is 0 Å². The molecule has 0 unspecified atom stereocenters. The fraction of sp³-hybridized carbons (Fsp3) is 0.385. The fourth-order valence-electron chi connectivity index (χ4n) is 3.54. The molecule has 1 amide bonds. The lowest BCUT2D eigenvalue weighted by molar-refractivity contribution is -0.135. The van der Waals surface area contributed by atoms with E-state index in [0.717, 1.165) is 35.3 Å². The molecule has 0 fully saturated rings. The van der Waals surface area contributed by atoms with Crippen LogP contribution in [0.4, 0.5) is 0 Å². The highest BCUT2D eigenvalue weighted by Crippen LogP contribution is 2.37. The number of hydrogen-bond donors (Lipinski definition) is 2. The number of benzene rings is 2. The van der Waals surface area contributed by atoms with Crippen LogP contribution in [0.1, 0.15) is 49.8 Å². The number of rotatable bonds is 11. The monoisotopic (exact) mass is 453 g/mol. The van der Waals surface area contributed by atoms with E-state index in [1.165, 1.54) is 6.08 Å². The summed E-state index contributed by atoms with van der Waals surface area (Å²) in [5, 5.41) is 8.55. The van der Waals surface area contributed by atoms with E-state index in [1.807, 2.05) is 36.4 Å². The number of carbonyl (C=O) groups excluding carboxylic acids is 2. The van der Waals surface area contributed by atoms with Gasteiger partial charge in [-0.25, -0.2) is 5.48 Å². The fourth-order valence-corrected chi connectivity index (χ4v) is 3.54. The van der Waals surface area contributed by atoms with Crippen LogP contribution in [0.25, 0.3) is 6.08 Å². The van der Waals surface area contributed by atoms with Crippen molar-refractivity contribution >= 4 is 18.0 Å². The molecule has 0 atom stereocenters. The summed E-state index contributed by atoms with van der Waals surface area (Å²) in [5.74, 6) is 1.87. The van der Waals surface area contributed by atoms with Gasteiger partial charge in [0.05, 0.1) is 19.6 Å².